The molecule has 1 heterocycles. The third-order valence-electron chi connectivity index (χ3n) is 2.72. The molecule has 0 fully saturated rings. The summed E-state index contributed by atoms with van der Waals surface area (Å²) in [5.41, 5.74) is 1.30. The van der Waals surface area contributed by atoms with Crippen LogP contribution in [-0.2, 0) is 13.5 Å². The summed E-state index contributed by atoms with van der Waals surface area (Å²) in [6.45, 7) is 7.58. The van der Waals surface area contributed by atoms with Crippen molar-refractivity contribution in [3.8, 4) is 0 Å². The van der Waals surface area contributed by atoms with Crippen LogP contribution in [0.2, 0.25) is 0 Å². The Morgan fingerprint density at radius 2 is 2.19 bits per heavy atom. The van der Waals surface area contributed by atoms with Gasteiger partial charge < -0.3 is 10.2 Å². The number of aryl methyl sites for hydroxylation is 1. The molecule has 0 aliphatic heterocycles. The van der Waals surface area contributed by atoms with Crippen molar-refractivity contribution in [1.29, 1.82) is 0 Å². The Hall–Kier alpha value is -0.870. The molecule has 0 aliphatic carbocycles. The average molecular weight is 224 g/mol. The van der Waals surface area contributed by atoms with Crippen LogP contribution in [0.3, 0.4) is 0 Å². The van der Waals surface area contributed by atoms with Gasteiger partial charge in [-0.3, -0.25) is 4.68 Å². The first-order chi connectivity index (χ1) is 7.59. The summed E-state index contributed by atoms with van der Waals surface area (Å²) in [6.07, 6.45) is 2.92. The zero-order valence-electron chi connectivity index (χ0n) is 10.9. The van der Waals surface area contributed by atoms with Gasteiger partial charge in [-0.15, -0.1) is 0 Å². The van der Waals surface area contributed by atoms with Crippen molar-refractivity contribution in [2.75, 3.05) is 26.7 Å². The van der Waals surface area contributed by atoms with Gasteiger partial charge >= 0.3 is 0 Å². The summed E-state index contributed by atoms with van der Waals surface area (Å²) in [7, 11) is 4.16. The predicted octanol–water partition coefficient (Wildman–Crippen LogP) is 0.892. The molecule has 0 saturated carbocycles. The van der Waals surface area contributed by atoms with Crippen LogP contribution < -0.4 is 5.32 Å². The van der Waals surface area contributed by atoms with Crippen LogP contribution in [0.25, 0.3) is 0 Å². The van der Waals surface area contributed by atoms with Crippen molar-refractivity contribution in [3.63, 3.8) is 0 Å². The molecule has 1 rings (SSSR count). The van der Waals surface area contributed by atoms with E-state index in [0.29, 0.717) is 6.04 Å². The Balaban J connectivity index is 2.15. The molecule has 0 spiro atoms. The Morgan fingerprint density at radius 3 is 2.75 bits per heavy atom. The molecule has 4 nitrogen and oxygen atoms in total. The highest BCUT2D eigenvalue weighted by Crippen LogP contribution is 1.98. The van der Waals surface area contributed by atoms with E-state index >= 15 is 0 Å². The largest absolute Gasteiger partial charge is 0.313 e. The summed E-state index contributed by atoms with van der Waals surface area (Å²) < 4.78 is 1.94. The molecule has 0 radical (unpaired) electrons. The highest BCUT2D eigenvalue weighted by atomic mass is 15.3. The van der Waals surface area contributed by atoms with Gasteiger partial charge in [0.25, 0.3) is 0 Å². The molecule has 0 aromatic carbocycles. The molecule has 0 amide bonds. The zero-order valence-corrected chi connectivity index (χ0v) is 10.9. The second kappa shape index (κ2) is 6.66. The van der Waals surface area contributed by atoms with E-state index < -0.39 is 0 Å². The number of hydrogen-bond donors (Lipinski definition) is 1. The standard InChI is InChI=1S/C12H24N4/c1-11(2)13-8-10-15(3)9-6-12-5-7-14-16(12)4/h5,7,11,13H,6,8-10H2,1-4H3. The molecule has 1 aromatic heterocycles. The fourth-order valence-corrected chi connectivity index (χ4v) is 1.61. The lowest BCUT2D eigenvalue weighted by molar-refractivity contribution is 0.328. The van der Waals surface area contributed by atoms with Crippen LogP contribution >= 0.6 is 0 Å². The van der Waals surface area contributed by atoms with Gasteiger partial charge in [-0.1, -0.05) is 13.8 Å². The molecule has 1 N–H and O–H groups in total. The van der Waals surface area contributed by atoms with Gasteiger partial charge in [0.15, 0.2) is 0 Å². The monoisotopic (exact) mass is 224 g/mol. The lowest BCUT2D eigenvalue weighted by Gasteiger charge is -2.17. The maximum absolute atomic E-state index is 4.17. The van der Waals surface area contributed by atoms with Crippen molar-refractivity contribution in [1.82, 2.24) is 20.0 Å². The summed E-state index contributed by atoms with van der Waals surface area (Å²) in [5, 5.41) is 7.59. The molecule has 4 heteroatoms. The van der Waals surface area contributed by atoms with Crippen LogP contribution in [0.5, 0.6) is 0 Å². The molecule has 0 saturated heterocycles. The van der Waals surface area contributed by atoms with E-state index in [9.17, 15) is 0 Å². The maximum atomic E-state index is 4.17. The molecule has 0 bridgehead atoms. The second-order valence-electron chi connectivity index (χ2n) is 4.61. The summed E-state index contributed by atoms with van der Waals surface area (Å²) >= 11 is 0. The Kier molecular flexibility index (Phi) is 5.49. The van der Waals surface area contributed by atoms with E-state index in [2.05, 4.69) is 42.3 Å². The first-order valence-electron chi connectivity index (χ1n) is 5.98. The van der Waals surface area contributed by atoms with E-state index in [-0.39, 0.29) is 0 Å². The van der Waals surface area contributed by atoms with Gasteiger partial charge in [0.1, 0.15) is 0 Å². The van der Waals surface area contributed by atoms with Crippen LogP contribution in [0, 0.1) is 0 Å². The minimum atomic E-state index is 0.575. The van der Waals surface area contributed by atoms with E-state index in [1.54, 1.807) is 0 Å². The topological polar surface area (TPSA) is 33.1 Å². The molecule has 1 aromatic rings. The van der Waals surface area contributed by atoms with Gasteiger partial charge in [0, 0.05) is 51.0 Å². The van der Waals surface area contributed by atoms with Crippen molar-refractivity contribution >= 4 is 0 Å². The number of nitrogens with one attached hydrogen (secondary N) is 1. The van der Waals surface area contributed by atoms with Gasteiger partial charge in [-0.25, -0.2) is 0 Å². The van der Waals surface area contributed by atoms with Gasteiger partial charge in [0.2, 0.25) is 0 Å². The minimum Gasteiger partial charge on any atom is -0.313 e. The number of nitrogens with zero attached hydrogens (tertiary/aromatic N) is 3. The zero-order chi connectivity index (χ0) is 12.0. The first-order valence-corrected chi connectivity index (χ1v) is 5.98. The summed E-state index contributed by atoms with van der Waals surface area (Å²) in [4.78, 5) is 2.35. The van der Waals surface area contributed by atoms with Crippen molar-refractivity contribution in [2.24, 2.45) is 7.05 Å². The maximum Gasteiger partial charge on any atom is 0.0492 e. The number of rotatable bonds is 7. The lowest BCUT2D eigenvalue weighted by atomic mass is 10.3. The fraction of sp³-hybridized carbons (Fsp3) is 0.750. The first kappa shape index (κ1) is 13.2. The van der Waals surface area contributed by atoms with Crippen molar-refractivity contribution < 1.29 is 0 Å². The number of hydrogen-bond acceptors (Lipinski definition) is 3. The van der Waals surface area contributed by atoms with E-state index in [0.717, 1.165) is 26.1 Å². The molecule has 0 atom stereocenters. The van der Waals surface area contributed by atoms with Gasteiger partial charge in [-0.05, 0) is 13.1 Å². The van der Waals surface area contributed by atoms with Crippen molar-refractivity contribution in [2.45, 2.75) is 26.3 Å². The normalized spacial score (nSPS) is 11.6. The Bertz CT molecular complexity index is 293. The highest BCUT2D eigenvalue weighted by molar-refractivity contribution is 5.00. The quantitative estimate of drug-likeness (QED) is 0.747. The molecule has 92 valence electrons. The predicted molar refractivity (Wildman–Crippen MR) is 67.5 cm³/mol. The van der Waals surface area contributed by atoms with Crippen molar-refractivity contribution in [3.05, 3.63) is 18.0 Å². The van der Waals surface area contributed by atoms with Crippen LogP contribution in [0.4, 0.5) is 0 Å². The van der Waals surface area contributed by atoms with E-state index in [1.807, 2.05) is 17.9 Å². The Labute approximate surface area is 98.6 Å². The van der Waals surface area contributed by atoms with Crippen LogP contribution in [-0.4, -0.2) is 47.4 Å². The van der Waals surface area contributed by atoms with Gasteiger partial charge in [-0.2, -0.15) is 5.10 Å². The lowest BCUT2D eigenvalue weighted by Crippen LogP contribution is -2.33. The average Bonchev–Trinajstić information content (AvgIpc) is 2.60. The minimum absolute atomic E-state index is 0.575. The molecular weight excluding hydrogens is 200 g/mol. The third-order valence-corrected chi connectivity index (χ3v) is 2.72. The number of aromatic nitrogens is 2. The SMILES string of the molecule is CC(C)NCCN(C)CCc1ccnn1C. The second-order valence-corrected chi connectivity index (χ2v) is 4.61. The smallest absolute Gasteiger partial charge is 0.0492 e. The Morgan fingerprint density at radius 1 is 1.44 bits per heavy atom. The molecule has 0 aliphatic rings. The van der Waals surface area contributed by atoms with E-state index in [1.165, 1.54) is 5.69 Å². The van der Waals surface area contributed by atoms with Gasteiger partial charge in [0.05, 0.1) is 0 Å². The van der Waals surface area contributed by atoms with Crippen LogP contribution in [0.1, 0.15) is 19.5 Å². The summed E-state index contributed by atoms with van der Waals surface area (Å²) in [6, 6.07) is 2.66. The van der Waals surface area contributed by atoms with E-state index in [4.69, 9.17) is 0 Å². The number of likely N-dealkylation sites (N-methyl/N-ethyl adjacent to an activating group) is 1. The fourth-order valence-electron chi connectivity index (χ4n) is 1.61. The molecular formula is C12H24N4. The van der Waals surface area contributed by atoms with Crippen LogP contribution in [0.15, 0.2) is 12.3 Å². The molecule has 16 heavy (non-hydrogen) atoms. The molecule has 0 unspecified atom stereocenters. The highest BCUT2D eigenvalue weighted by Gasteiger charge is 2.02. The third kappa shape index (κ3) is 4.77. The summed E-state index contributed by atoms with van der Waals surface area (Å²) in [5.74, 6) is 0.